The summed E-state index contributed by atoms with van der Waals surface area (Å²) < 4.78 is 40.9. The minimum Gasteiger partial charge on any atom is -0.370 e. The molecule has 0 saturated carbocycles. The van der Waals surface area contributed by atoms with Crippen molar-refractivity contribution in [3.05, 3.63) is 33.7 Å². The second-order valence-electron chi connectivity index (χ2n) is 4.13. The van der Waals surface area contributed by atoms with Crippen molar-refractivity contribution in [1.82, 2.24) is 14.8 Å². The van der Waals surface area contributed by atoms with E-state index in [1.807, 2.05) is 29.5 Å². The Balaban J connectivity index is 2.45. The molecule has 0 unspecified atom stereocenters. The summed E-state index contributed by atoms with van der Waals surface area (Å²) >= 11 is 2.03. The van der Waals surface area contributed by atoms with Gasteiger partial charge in [0.2, 0.25) is 0 Å². The monoisotopic (exact) mass is 396 g/mol. The van der Waals surface area contributed by atoms with Crippen LogP contribution in [0.4, 0.5) is 19.0 Å². The summed E-state index contributed by atoms with van der Waals surface area (Å²) in [5.41, 5.74) is -0.744. The molecule has 108 valence electrons. The van der Waals surface area contributed by atoms with Gasteiger partial charge < -0.3 is 5.32 Å². The molecule has 0 saturated heterocycles. The van der Waals surface area contributed by atoms with E-state index in [1.165, 1.54) is 4.68 Å². The fourth-order valence-corrected chi connectivity index (χ4v) is 1.96. The van der Waals surface area contributed by atoms with Gasteiger partial charge in [-0.15, -0.1) is 0 Å². The molecule has 0 bridgehead atoms. The third kappa shape index (κ3) is 3.62. The maximum atomic E-state index is 12.9. The summed E-state index contributed by atoms with van der Waals surface area (Å²) in [4.78, 5) is 4.15. The summed E-state index contributed by atoms with van der Waals surface area (Å²) in [5, 5.41) is 6.85. The highest BCUT2D eigenvalue weighted by molar-refractivity contribution is 14.1. The Morgan fingerprint density at radius 1 is 1.35 bits per heavy atom. The fraction of sp³-hybridized carbons (Fsp3) is 0.333. The number of alkyl halides is 3. The molecule has 0 amide bonds. The van der Waals surface area contributed by atoms with Crippen molar-refractivity contribution < 1.29 is 13.2 Å². The molecule has 20 heavy (non-hydrogen) atoms. The number of rotatable bonds is 4. The van der Waals surface area contributed by atoms with Crippen LogP contribution >= 0.6 is 22.6 Å². The number of aromatic nitrogens is 3. The number of anilines is 1. The van der Waals surface area contributed by atoms with Gasteiger partial charge in [0.25, 0.3) is 0 Å². The molecule has 1 N–H and O–H groups in total. The van der Waals surface area contributed by atoms with Crippen molar-refractivity contribution in [1.29, 1.82) is 0 Å². The Hall–Kier alpha value is -1.32. The largest absolute Gasteiger partial charge is 0.416 e. The van der Waals surface area contributed by atoms with Crippen molar-refractivity contribution in [2.24, 2.45) is 0 Å². The van der Waals surface area contributed by atoms with Crippen molar-refractivity contribution in [2.75, 3.05) is 11.9 Å². The Morgan fingerprint density at radius 3 is 2.65 bits per heavy atom. The van der Waals surface area contributed by atoms with Gasteiger partial charge in [-0.3, -0.25) is 0 Å². The molecule has 0 spiro atoms. The zero-order chi connectivity index (χ0) is 14.8. The molecule has 0 atom stereocenters. The molecular formula is C12H12F3IN4. The van der Waals surface area contributed by atoms with Gasteiger partial charge in [-0.2, -0.15) is 18.3 Å². The first-order valence-electron chi connectivity index (χ1n) is 5.94. The van der Waals surface area contributed by atoms with E-state index in [0.717, 1.165) is 22.1 Å². The molecular weight excluding hydrogens is 384 g/mol. The molecule has 0 radical (unpaired) electrons. The molecule has 2 heterocycles. The lowest BCUT2D eigenvalue weighted by molar-refractivity contribution is -0.137. The van der Waals surface area contributed by atoms with Crippen molar-refractivity contribution >= 4 is 28.4 Å². The minimum absolute atomic E-state index is 0.140. The highest BCUT2D eigenvalue weighted by atomic mass is 127. The molecule has 0 aromatic carbocycles. The summed E-state index contributed by atoms with van der Waals surface area (Å²) in [6.45, 7) is 2.49. The third-order valence-electron chi connectivity index (χ3n) is 2.48. The van der Waals surface area contributed by atoms with Crippen LogP contribution in [0.2, 0.25) is 0 Å². The molecule has 0 aliphatic heterocycles. The fourth-order valence-electron chi connectivity index (χ4n) is 1.57. The first-order valence-corrected chi connectivity index (χ1v) is 7.01. The maximum Gasteiger partial charge on any atom is 0.416 e. The lowest BCUT2D eigenvalue weighted by atomic mass is 10.2. The van der Waals surface area contributed by atoms with Crippen LogP contribution in [-0.2, 0) is 6.18 Å². The molecule has 2 rings (SSSR count). The van der Waals surface area contributed by atoms with Gasteiger partial charge in [0.05, 0.1) is 15.3 Å². The van der Waals surface area contributed by atoms with E-state index in [0.29, 0.717) is 6.54 Å². The summed E-state index contributed by atoms with van der Waals surface area (Å²) in [6, 6.07) is 1.99. The number of pyridine rings is 1. The van der Waals surface area contributed by atoms with Crippen molar-refractivity contribution in [3.63, 3.8) is 0 Å². The Morgan fingerprint density at radius 2 is 2.10 bits per heavy atom. The number of halogens is 4. The Labute approximate surface area is 127 Å². The van der Waals surface area contributed by atoms with Gasteiger partial charge >= 0.3 is 6.18 Å². The van der Waals surface area contributed by atoms with E-state index in [1.54, 1.807) is 12.4 Å². The second-order valence-corrected chi connectivity index (χ2v) is 5.37. The van der Waals surface area contributed by atoms with Crippen LogP contribution in [0.15, 0.2) is 24.5 Å². The Bertz CT molecular complexity index is 595. The predicted octanol–water partition coefficient (Wildman–Crippen LogP) is 3.71. The van der Waals surface area contributed by atoms with Crippen LogP contribution in [-0.4, -0.2) is 21.3 Å². The maximum absolute atomic E-state index is 12.9. The molecule has 0 aliphatic carbocycles. The zero-order valence-corrected chi connectivity index (χ0v) is 12.7. The van der Waals surface area contributed by atoms with E-state index in [2.05, 4.69) is 15.4 Å². The summed E-state index contributed by atoms with van der Waals surface area (Å²) in [7, 11) is 0. The highest BCUT2D eigenvalue weighted by Crippen LogP contribution is 2.31. The topological polar surface area (TPSA) is 42.7 Å². The molecule has 8 heteroatoms. The first-order chi connectivity index (χ1) is 9.40. The van der Waals surface area contributed by atoms with Gasteiger partial charge in [-0.25, -0.2) is 9.67 Å². The van der Waals surface area contributed by atoms with Crippen LogP contribution in [0.25, 0.3) is 5.82 Å². The van der Waals surface area contributed by atoms with Crippen LogP contribution < -0.4 is 5.32 Å². The molecule has 4 nitrogen and oxygen atoms in total. The first kappa shape index (κ1) is 15.1. The highest BCUT2D eigenvalue weighted by Gasteiger charge is 2.32. The molecule has 0 aliphatic rings. The van der Waals surface area contributed by atoms with Crippen molar-refractivity contribution in [2.45, 2.75) is 19.5 Å². The van der Waals surface area contributed by atoms with Gasteiger partial charge in [0.15, 0.2) is 5.82 Å². The average molecular weight is 396 g/mol. The van der Waals surface area contributed by atoms with E-state index >= 15 is 0 Å². The van der Waals surface area contributed by atoms with E-state index < -0.39 is 11.7 Å². The third-order valence-corrected chi connectivity index (χ3v) is 3.04. The minimum atomic E-state index is -4.42. The molecule has 2 aromatic heterocycles. The van der Waals surface area contributed by atoms with E-state index in [4.69, 9.17) is 0 Å². The average Bonchev–Trinajstić information content (AvgIpc) is 2.82. The quantitative estimate of drug-likeness (QED) is 0.802. The van der Waals surface area contributed by atoms with Gasteiger partial charge in [0.1, 0.15) is 5.82 Å². The summed E-state index contributed by atoms with van der Waals surface area (Å²) in [5.74, 6) is 0.337. The van der Waals surface area contributed by atoms with Crippen LogP contribution in [0.5, 0.6) is 0 Å². The molecule has 0 fully saturated rings. The number of hydrogen-bond donors (Lipinski definition) is 1. The van der Waals surface area contributed by atoms with E-state index in [-0.39, 0.29) is 11.6 Å². The lowest BCUT2D eigenvalue weighted by Crippen LogP contribution is -2.11. The van der Waals surface area contributed by atoms with Crippen LogP contribution in [0, 0.1) is 3.57 Å². The van der Waals surface area contributed by atoms with Crippen LogP contribution in [0.1, 0.15) is 18.9 Å². The van der Waals surface area contributed by atoms with Gasteiger partial charge in [-0.1, -0.05) is 6.92 Å². The summed E-state index contributed by atoms with van der Waals surface area (Å²) in [6.07, 6.45) is -0.443. The standard InChI is InChI=1S/C12H12F3IN4/c1-2-3-17-10-4-8(12(13,14)15)5-11(19-10)20-7-9(16)6-18-20/h4-7H,2-3H2,1H3,(H,17,19). The van der Waals surface area contributed by atoms with E-state index in [9.17, 15) is 13.2 Å². The van der Waals surface area contributed by atoms with Crippen molar-refractivity contribution in [3.8, 4) is 5.82 Å². The number of hydrogen-bond acceptors (Lipinski definition) is 3. The Kier molecular flexibility index (Phi) is 4.51. The number of nitrogens with one attached hydrogen (secondary N) is 1. The van der Waals surface area contributed by atoms with Gasteiger partial charge in [0, 0.05) is 12.7 Å². The SMILES string of the molecule is CCCNc1cc(C(F)(F)F)cc(-n2cc(I)cn2)n1. The predicted molar refractivity (Wildman–Crippen MR) is 77.9 cm³/mol. The number of nitrogens with zero attached hydrogens (tertiary/aromatic N) is 3. The van der Waals surface area contributed by atoms with Gasteiger partial charge in [-0.05, 0) is 41.1 Å². The smallest absolute Gasteiger partial charge is 0.370 e. The lowest BCUT2D eigenvalue weighted by Gasteiger charge is -2.12. The zero-order valence-electron chi connectivity index (χ0n) is 10.6. The van der Waals surface area contributed by atoms with Crippen LogP contribution in [0.3, 0.4) is 0 Å². The normalized spacial score (nSPS) is 11.7. The molecule has 2 aromatic rings. The second kappa shape index (κ2) is 5.98.